The van der Waals surface area contributed by atoms with Crippen LogP contribution in [0.1, 0.15) is 35.3 Å². The molecule has 0 bridgehead atoms. The van der Waals surface area contributed by atoms with Gasteiger partial charge in [0.25, 0.3) is 5.91 Å². The number of amides is 1. The SMILES string of the molecule is O=C(O)CCCCc1nc2cc(C(=O)N3CCN(c4nccs4)CC3)ccc2nc1-c1ccccc1. The van der Waals surface area contributed by atoms with Crippen molar-refractivity contribution in [3.8, 4) is 11.3 Å². The average Bonchev–Trinajstić information content (AvgIpc) is 3.45. The summed E-state index contributed by atoms with van der Waals surface area (Å²) >= 11 is 1.61. The second-order valence-electron chi connectivity index (χ2n) is 8.78. The number of hydrogen-bond donors (Lipinski definition) is 1. The number of rotatable bonds is 8. The Balaban J connectivity index is 1.37. The van der Waals surface area contributed by atoms with Crippen molar-refractivity contribution in [2.45, 2.75) is 25.7 Å². The summed E-state index contributed by atoms with van der Waals surface area (Å²) in [6.45, 7) is 2.80. The number of aromatic nitrogens is 3. The Kier molecular flexibility index (Phi) is 7.18. The molecule has 0 atom stereocenters. The molecule has 1 N–H and O–H groups in total. The summed E-state index contributed by atoms with van der Waals surface area (Å²) in [6, 6.07) is 15.4. The van der Waals surface area contributed by atoms with Gasteiger partial charge in [-0.3, -0.25) is 9.59 Å². The minimum atomic E-state index is -0.793. The highest BCUT2D eigenvalue weighted by Gasteiger charge is 2.24. The van der Waals surface area contributed by atoms with Crippen LogP contribution in [0.3, 0.4) is 0 Å². The summed E-state index contributed by atoms with van der Waals surface area (Å²) < 4.78 is 0. The van der Waals surface area contributed by atoms with Crippen LogP contribution in [0.4, 0.5) is 5.13 Å². The molecule has 184 valence electrons. The Bertz CT molecular complexity index is 1350. The number of piperazine rings is 1. The van der Waals surface area contributed by atoms with E-state index in [4.69, 9.17) is 15.1 Å². The first-order valence-electron chi connectivity index (χ1n) is 12.1. The highest BCUT2D eigenvalue weighted by atomic mass is 32.1. The van der Waals surface area contributed by atoms with Crippen LogP contribution in [0.5, 0.6) is 0 Å². The number of hydrogen-bond acceptors (Lipinski definition) is 7. The Labute approximate surface area is 213 Å². The van der Waals surface area contributed by atoms with Gasteiger partial charge in [0.05, 0.1) is 22.4 Å². The zero-order chi connectivity index (χ0) is 24.9. The third-order valence-corrected chi connectivity index (χ3v) is 7.17. The molecule has 36 heavy (non-hydrogen) atoms. The van der Waals surface area contributed by atoms with E-state index < -0.39 is 5.97 Å². The van der Waals surface area contributed by atoms with Crippen molar-refractivity contribution >= 4 is 39.4 Å². The minimum absolute atomic E-state index is 0.00682. The van der Waals surface area contributed by atoms with Crippen LogP contribution in [-0.2, 0) is 11.2 Å². The molecule has 1 fully saturated rings. The zero-order valence-corrected chi connectivity index (χ0v) is 20.7. The Morgan fingerprint density at radius 1 is 0.944 bits per heavy atom. The maximum Gasteiger partial charge on any atom is 0.303 e. The second-order valence-corrected chi connectivity index (χ2v) is 9.66. The first-order valence-corrected chi connectivity index (χ1v) is 13.0. The van der Waals surface area contributed by atoms with Crippen molar-refractivity contribution in [1.29, 1.82) is 0 Å². The van der Waals surface area contributed by atoms with E-state index in [0.29, 0.717) is 43.4 Å². The monoisotopic (exact) mass is 501 g/mol. The van der Waals surface area contributed by atoms with Gasteiger partial charge in [-0.05, 0) is 37.5 Å². The van der Waals surface area contributed by atoms with Gasteiger partial charge < -0.3 is 14.9 Å². The molecule has 5 rings (SSSR count). The van der Waals surface area contributed by atoms with E-state index in [1.165, 1.54) is 0 Å². The quantitative estimate of drug-likeness (QED) is 0.355. The molecule has 1 aliphatic heterocycles. The fraction of sp³-hybridized carbons (Fsp3) is 0.296. The fourth-order valence-corrected chi connectivity index (χ4v) is 5.15. The van der Waals surface area contributed by atoms with Gasteiger partial charge in [0.15, 0.2) is 5.13 Å². The lowest BCUT2D eigenvalue weighted by atomic mass is 10.0. The third-order valence-electron chi connectivity index (χ3n) is 6.34. The second kappa shape index (κ2) is 10.8. The van der Waals surface area contributed by atoms with E-state index in [2.05, 4.69) is 9.88 Å². The summed E-state index contributed by atoms with van der Waals surface area (Å²) in [5.41, 5.74) is 4.60. The summed E-state index contributed by atoms with van der Waals surface area (Å²) in [4.78, 5) is 42.5. The molecule has 0 aliphatic carbocycles. The van der Waals surface area contributed by atoms with E-state index in [-0.39, 0.29) is 12.3 Å². The average molecular weight is 502 g/mol. The van der Waals surface area contributed by atoms with Crippen LogP contribution < -0.4 is 4.90 Å². The smallest absolute Gasteiger partial charge is 0.303 e. The van der Waals surface area contributed by atoms with E-state index in [9.17, 15) is 9.59 Å². The third kappa shape index (κ3) is 5.36. The van der Waals surface area contributed by atoms with Gasteiger partial charge in [0.1, 0.15) is 0 Å². The number of anilines is 1. The van der Waals surface area contributed by atoms with Crippen molar-refractivity contribution in [2.24, 2.45) is 0 Å². The molecule has 0 spiro atoms. The first kappa shape index (κ1) is 23.9. The van der Waals surface area contributed by atoms with Crippen LogP contribution in [0.25, 0.3) is 22.3 Å². The summed E-state index contributed by atoms with van der Waals surface area (Å²) in [5.74, 6) is -0.800. The molecular formula is C27H27N5O3S. The number of thiazole rings is 1. The van der Waals surface area contributed by atoms with Crippen LogP contribution in [0.15, 0.2) is 60.1 Å². The molecule has 1 amide bonds. The minimum Gasteiger partial charge on any atom is -0.481 e. The van der Waals surface area contributed by atoms with Gasteiger partial charge in [-0.1, -0.05) is 30.3 Å². The first-order chi connectivity index (χ1) is 17.6. The number of carboxylic acids is 1. The lowest BCUT2D eigenvalue weighted by molar-refractivity contribution is -0.137. The van der Waals surface area contributed by atoms with Crippen molar-refractivity contribution in [1.82, 2.24) is 19.9 Å². The zero-order valence-electron chi connectivity index (χ0n) is 19.8. The molecule has 8 nitrogen and oxygen atoms in total. The van der Waals surface area contributed by atoms with E-state index in [1.807, 2.05) is 58.8 Å². The number of nitrogens with zero attached hydrogens (tertiary/aromatic N) is 5. The van der Waals surface area contributed by atoms with Gasteiger partial charge in [0.2, 0.25) is 0 Å². The number of aliphatic carboxylic acids is 1. The van der Waals surface area contributed by atoms with Crippen molar-refractivity contribution in [2.75, 3.05) is 31.1 Å². The van der Waals surface area contributed by atoms with Crippen LogP contribution in [0.2, 0.25) is 0 Å². The normalized spacial score (nSPS) is 13.8. The molecule has 2 aromatic heterocycles. The lowest BCUT2D eigenvalue weighted by Crippen LogP contribution is -2.48. The molecule has 1 aliphatic rings. The van der Waals surface area contributed by atoms with Crippen molar-refractivity contribution in [3.05, 3.63) is 71.4 Å². The standard InChI is InChI=1S/C27H27N5O3S/c33-24(34)9-5-4-8-22-25(19-6-2-1-3-7-19)30-21-11-10-20(18-23(21)29-22)26(35)31-13-15-32(16-14-31)27-28-12-17-36-27/h1-3,6-7,10-12,17-18H,4-5,8-9,13-16H2,(H,33,34). The number of fused-ring (bicyclic) bond motifs is 1. The maximum absolute atomic E-state index is 13.3. The predicted molar refractivity (Wildman–Crippen MR) is 140 cm³/mol. The summed E-state index contributed by atoms with van der Waals surface area (Å²) in [6.07, 6.45) is 3.84. The Morgan fingerprint density at radius 2 is 1.75 bits per heavy atom. The molecule has 2 aromatic carbocycles. The largest absolute Gasteiger partial charge is 0.481 e. The van der Waals surface area contributed by atoms with Crippen LogP contribution in [-0.4, -0.2) is 63.0 Å². The molecule has 0 unspecified atom stereocenters. The topological polar surface area (TPSA) is 99.5 Å². The fourth-order valence-electron chi connectivity index (χ4n) is 4.45. The molecule has 9 heteroatoms. The molecular weight excluding hydrogens is 474 g/mol. The van der Waals surface area contributed by atoms with Gasteiger partial charge in [0, 0.05) is 55.3 Å². The summed E-state index contributed by atoms with van der Waals surface area (Å²) in [5, 5.41) is 11.9. The van der Waals surface area contributed by atoms with Gasteiger partial charge in [-0.25, -0.2) is 15.0 Å². The molecule has 1 saturated heterocycles. The molecule has 4 aromatic rings. The maximum atomic E-state index is 13.3. The van der Waals surface area contributed by atoms with E-state index >= 15 is 0 Å². The van der Waals surface area contributed by atoms with Gasteiger partial charge in [-0.15, -0.1) is 11.3 Å². The number of benzene rings is 2. The van der Waals surface area contributed by atoms with Gasteiger partial charge in [-0.2, -0.15) is 0 Å². The number of carbonyl (C=O) groups is 2. The molecule has 0 radical (unpaired) electrons. The van der Waals surface area contributed by atoms with E-state index in [1.54, 1.807) is 17.5 Å². The predicted octanol–water partition coefficient (Wildman–Crippen LogP) is 4.51. The molecule has 0 saturated carbocycles. The summed E-state index contributed by atoms with van der Waals surface area (Å²) in [7, 11) is 0. The Hall–Kier alpha value is -3.85. The number of aryl methyl sites for hydroxylation is 1. The van der Waals surface area contributed by atoms with Crippen LogP contribution >= 0.6 is 11.3 Å². The van der Waals surface area contributed by atoms with Crippen molar-refractivity contribution < 1.29 is 14.7 Å². The lowest BCUT2D eigenvalue weighted by Gasteiger charge is -2.34. The number of unbranched alkanes of at least 4 members (excludes halogenated alkanes) is 1. The van der Waals surface area contributed by atoms with E-state index in [0.717, 1.165) is 40.7 Å². The van der Waals surface area contributed by atoms with Crippen molar-refractivity contribution in [3.63, 3.8) is 0 Å². The number of carbonyl (C=O) groups excluding carboxylic acids is 1. The van der Waals surface area contributed by atoms with Crippen LogP contribution in [0, 0.1) is 0 Å². The highest BCUT2D eigenvalue weighted by molar-refractivity contribution is 7.13. The van der Waals surface area contributed by atoms with Gasteiger partial charge >= 0.3 is 5.97 Å². The molecule has 3 heterocycles. The highest BCUT2D eigenvalue weighted by Crippen LogP contribution is 2.26. The number of carboxylic acid groups (broad SMARTS) is 1. The Morgan fingerprint density at radius 3 is 2.47 bits per heavy atom.